The largest absolute Gasteiger partial charge is 0.383 e. The molecule has 2 N–H and O–H groups in total. The summed E-state index contributed by atoms with van der Waals surface area (Å²) in [6, 6.07) is 3.76. The third kappa shape index (κ3) is 1.72. The van der Waals surface area contributed by atoms with E-state index in [1.807, 2.05) is 12.1 Å². The Kier molecular flexibility index (Phi) is 2.41. The van der Waals surface area contributed by atoms with Crippen LogP contribution < -0.4 is 5.73 Å². The number of nitrogens with two attached hydrogens (primary N) is 1. The first-order valence-electron chi connectivity index (χ1n) is 3.96. The smallest absolute Gasteiger partial charge is 0.198 e. The summed E-state index contributed by atoms with van der Waals surface area (Å²) in [5, 5.41) is 0. The van der Waals surface area contributed by atoms with Crippen LogP contribution in [-0.4, -0.2) is 15.0 Å². The predicted molar refractivity (Wildman–Crippen MR) is 57.4 cm³/mol. The minimum Gasteiger partial charge on any atom is -0.383 e. The highest BCUT2D eigenvalue weighted by Crippen LogP contribution is 2.23. The van der Waals surface area contributed by atoms with Gasteiger partial charge in [0.25, 0.3) is 0 Å². The Morgan fingerprint density at radius 1 is 1.29 bits per heavy atom. The number of anilines is 1. The van der Waals surface area contributed by atoms with Crippen molar-refractivity contribution in [3.05, 3.63) is 35.5 Å². The molecule has 2 heterocycles. The normalized spacial score (nSPS) is 10.1. The Morgan fingerprint density at radius 2 is 2.14 bits per heavy atom. The van der Waals surface area contributed by atoms with Crippen molar-refractivity contribution in [3.63, 3.8) is 0 Å². The molecule has 0 aliphatic heterocycles. The van der Waals surface area contributed by atoms with E-state index >= 15 is 0 Å². The van der Waals surface area contributed by atoms with E-state index in [-0.39, 0.29) is 0 Å². The second-order valence-corrected chi connectivity index (χ2v) is 3.39. The summed E-state index contributed by atoms with van der Waals surface area (Å²) in [7, 11) is 0. The average Bonchev–Trinajstić information content (AvgIpc) is 2.19. The third-order valence-corrected chi connectivity index (χ3v) is 2.14. The van der Waals surface area contributed by atoms with Gasteiger partial charge in [0.1, 0.15) is 5.82 Å². The van der Waals surface area contributed by atoms with Gasteiger partial charge in [0.05, 0.1) is 0 Å². The Balaban J connectivity index is 2.53. The second-order valence-electron chi connectivity index (χ2n) is 2.68. The van der Waals surface area contributed by atoms with Gasteiger partial charge in [-0.15, -0.1) is 0 Å². The quantitative estimate of drug-likeness (QED) is 0.786. The fourth-order valence-electron chi connectivity index (χ4n) is 1.12. The molecular weight excluding hydrogens is 244 g/mol. The van der Waals surface area contributed by atoms with Gasteiger partial charge in [-0.2, -0.15) is 0 Å². The summed E-state index contributed by atoms with van der Waals surface area (Å²) >= 11 is 3.15. The van der Waals surface area contributed by atoms with Gasteiger partial charge < -0.3 is 5.73 Å². The van der Waals surface area contributed by atoms with Gasteiger partial charge in [-0.3, -0.25) is 4.98 Å². The molecule has 0 spiro atoms. The number of pyridine rings is 1. The van der Waals surface area contributed by atoms with E-state index in [0.717, 1.165) is 11.1 Å². The van der Waals surface area contributed by atoms with E-state index in [4.69, 9.17) is 5.73 Å². The van der Waals surface area contributed by atoms with E-state index in [2.05, 4.69) is 30.9 Å². The first kappa shape index (κ1) is 9.08. The molecule has 0 atom stereocenters. The highest BCUT2D eigenvalue weighted by molar-refractivity contribution is 9.10. The Bertz CT molecular complexity index is 444. The van der Waals surface area contributed by atoms with Crippen LogP contribution in [0, 0.1) is 0 Å². The van der Waals surface area contributed by atoms with Gasteiger partial charge in [0, 0.05) is 29.7 Å². The van der Waals surface area contributed by atoms with Crippen LogP contribution in [0.1, 0.15) is 0 Å². The Labute approximate surface area is 89.4 Å². The lowest BCUT2D eigenvalue weighted by molar-refractivity contribution is 1.12. The van der Waals surface area contributed by atoms with Gasteiger partial charge in [0.15, 0.2) is 4.73 Å². The number of hydrogen-bond donors (Lipinski definition) is 1. The summed E-state index contributed by atoms with van der Waals surface area (Å²) in [5.74, 6) is 0.444. The maximum Gasteiger partial charge on any atom is 0.198 e. The number of rotatable bonds is 1. The van der Waals surface area contributed by atoms with Crippen LogP contribution in [0.4, 0.5) is 5.82 Å². The van der Waals surface area contributed by atoms with Gasteiger partial charge in [-0.1, -0.05) is 6.07 Å². The van der Waals surface area contributed by atoms with Crippen LogP contribution in [0.25, 0.3) is 11.1 Å². The first-order chi connectivity index (χ1) is 6.77. The molecule has 0 amide bonds. The molecule has 70 valence electrons. The van der Waals surface area contributed by atoms with Gasteiger partial charge in [-0.25, -0.2) is 9.97 Å². The molecule has 5 heteroatoms. The van der Waals surface area contributed by atoms with Crippen LogP contribution in [0.2, 0.25) is 0 Å². The van der Waals surface area contributed by atoms with E-state index in [9.17, 15) is 0 Å². The maximum absolute atomic E-state index is 5.74. The molecule has 0 aromatic carbocycles. The van der Waals surface area contributed by atoms with Crippen molar-refractivity contribution in [3.8, 4) is 11.1 Å². The second kappa shape index (κ2) is 3.71. The summed E-state index contributed by atoms with van der Waals surface area (Å²) in [6.07, 6.45) is 5.10. The van der Waals surface area contributed by atoms with Crippen molar-refractivity contribution in [1.29, 1.82) is 0 Å². The Hall–Kier alpha value is -1.49. The standard InChI is InChI=1S/C9H7BrN4/c10-9-13-5-7(8(11)14-9)6-2-1-3-12-4-6/h1-5H,(H2,11,13,14). The van der Waals surface area contributed by atoms with Crippen molar-refractivity contribution >= 4 is 21.7 Å². The molecule has 0 aliphatic rings. The highest BCUT2D eigenvalue weighted by Gasteiger charge is 2.04. The lowest BCUT2D eigenvalue weighted by Gasteiger charge is -2.03. The van der Waals surface area contributed by atoms with Crippen LogP contribution in [-0.2, 0) is 0 Å². The number of hydrogen-bond acceptors (Lipinski definition) is 4. The van der Waals surface area contributed by atoms with Gasteiger partial charge >= 0.3 is 0 Å². The zero-order chi connectivity index (χ0) is 9.97. The summed E-state index contributed by atoms with van der Waals surface area (Å²) in [4.78, 5) is 12.0. The van der Waals surface area contributed by atoms with Gasteiger partial charge in [-0.05, 0) is 22.0 Å². The van der Waals surface area contributed by atoms with Crippen molar-refractivity contribution < 1.29 is 0 Å². The van der Waals surface area contributed by atoms with Crippen molar-refractivity contribution in [2.45, 2.75) is 0 Å². The summed E-state index contributed by atoms with van der Waals surface area (Å²) in [5.41, 5.74) is 7.45. The molecule has 14 heavy (non-hydrogen) atoms. The number of nitrogens with zero attached hydrogens (tertiary/aromatic N) is 3. The zero-order valence-electron chi connectivity index (χ0n) is 7.18. The fourth-order valence-corrected chi connectivity index (χ4v) is 1.41. The average molecular weight is 251 g/mol. The fraction of sp³-hybridized carbons (Fsp3) is 0. The topological polar surface area (TPSA) is 64.7 Å². The monoisotopic (exact) mass is 250 g/mol. The van der Waals surface area contributed by atoms with Crippen LogP contribution in [0.5, 0.6) is 0 Å². The van der Waals surface area contributed by atoms with E-state index < -0.39 is 0 Å². The summed E-state index contributed by atoms with van der Waals surface area (Å²) in [6.45, 7) is 0. The summed E-state index contributed by atoms with van der Waals surface area (Å²) < 4.78 is 0.489. The molecule has 2 rings (SSSR count). The lowest BCUT2D eigenvalue weighted by atomic mass is 10.1. The Morgan fingerprint density at radius 3 is 2.79 bits per heavy atom. The molecule has 0 aliphatic carbocycles. The lowest BCUT2D eigenvalue weighted by Crippen LogP contribution is -1.96. The molecule has 0 radical (unpaired) electrons. The zero-order valence-corrected chi connectivity index (χ0v) is 8.77. The number of halogens is 1. The predicted octanol–water partition coefficient (Wildman–Crippen LogP) is 1.88. The molecule has 2 aromatic rings. The molecule has 2 aromatic heterocycles. The van der Waals surface area contributed by atoms with E-state index in [1.54, 1.807) is 18.6 Å². The molecule has 0 bridgehead atoms. The minimum absolute atomic E-state index is 0.444. The van der Waals surface area contributed by atoms with E-state index in [0.29, 0.717) is 10.6 Å². The van der Waals surface area contributed by atoms with Gasteiger partial charge in [0.2, 0.25) is 0 Å². The van der Waals surface area contributed by atoms with Crippen LogP contribution in [0.15, 0.2) is 35.5 Å². The maximum atomic E-state index is 5.74. The number of nitrogen functional groups attached to an aromatic ring is 1. The SMILES string of the molecule is Nc1nc(Br)ncc1-c1cccnc1. The van der Waals surface area contributed by atoms with Crippen molar-refractivity contribution in [2.24, 2.45) is 0 Å². The van der Waals surface area contributed by atoms with Crippen molar-refractivity contribution in [2.75, 3.05) is 5.73 Å². The highest BCUT2D eigenvalue weighted by atomic mass is 79.9. The molecule has 0 saturated carbocycles. The molecule has 0 saturated heterocycles. The molecule has 4 nitrogen and oxygen atoms in total. The minimum atomic E-state index is 0.444. The third-order valence-electron chi connectivity index (χ3n) is 1.76. The molecular formula is C9H7BrN4. The molecule has 0 fully saturated rings. The first-order valence-corrected chi connectivity index (χ1v) is 4.75. The molecule has 0 unspecified atom stereocenters. The van der Waals surface area contributed by atoms with Crippen LogP contribution >= 0.6 is 15.9 Å². The van der Waals surface area contributed by atoms with E-state index in [1.165, 1.54) is 0 Å². The van der Waals surface area contributed by atoms with Crippen molar-refractivity contribution in [1.82, 2.24) is 15.0 Å². The number of aromatic nitrogens is 3. The van der Waals surface area contributed by atoms with Crippen LogP contribution in [0.3, 0.4) is 0 Å².